The lowest BCUT2D eigenvalue weighted by molar-refractivity contribution is -0.130. The molecule has 1 aromatic rings. The zero-order valence-corrected chi connectivity index (χ0v) is 11.3. The van der Waals surface area contributed by atoms with E-state index in [0.717, 1.165) is 25.9 Å². The van der Waals surface area contributed by atoms with Crippen molar-refractivity contribution in [3.63, 3.8) is 0 Å². The van der Waals surface area contributed by atoms with Gasteiger partial charge in [-0.3, -0.25) is 14.6 Å². The molecule has 0 bridgehead atoms. The van der Waals surface area contributed by atoms with Gasteiger partial charge in [0.2, 0.25) is 5.91 Å². The van der Waals surface area contributed by atoms with Gasteiger partial charge in [-0.15, -0.1) is 0 Å². The summed E-state index contributed by atoms with van der Waals surface area (Å²) in [5.74, 6) is -0.393. The molecule has 0 saturated carbocycles. The van der Waals surface area contributed by atoms with E-state index in [2.05, 4.69) is 10.3 Å². The Labute approximate surface area is 117 Å². The van der Waals surface area contributed by atoms with Crippen LogP contribution >= 0.6 is 11.6 Å². The molecule has 0 aliphatic carbocycles. The Morgan fingerprint density at radius 2 is 2.05 bits per heavy atom. The van der Waals surface area contributed by atoms with Gasteiger partial charge in [0, 0.05) is 25.5 Å². The monoisotopic (exact) mass is 281 g/mol. The average molecular weight is 282 g/mol. The zero-order chi connectivity index (χ0) is 13.7. The first kappa shape index (κ1) is 13.8. The van der Waals surface area contributed by atoms with Crippen molar-refractivity contribution in [3.8, 4) is 0 Å². The van der Waals surface area contributed by atoms with E-state index in [1.54, 1.807) is 4.90 Å². The van der Waals surface area contributed by atoms with Crippen LogP contribution in [0, 0.1) is 0 Å². The Bertz CT molecular complexity index is 473. The van der Waals surface area contributed by atoms with E-state index in [0.29, 0.717) is 5.56 Å². The number of carbonyl (C=O) groups is 2. The number of carbonyl (C=O) groups excluding carboxylic acids is 2. The molecule has 102 valence electrons. The van der Waals surface area contributed by atoms with E-state index < -0.39 is 0 Å². The molecule has 1 saturated heterocycles. The highest BCUT2D eigenvalue weighted by Crippen LogP contribution is 2.13. The van der Waals surface area contributed by atoms with Crippen LogP contribution in [0.2, 0.25) is 5.02 Å². The minimum absolute atomic E-state index is 0.0114. The zero-order valence-electron chi connectivity index (χ0n) is 10.6. The number of amides is 2. The van der Waals surface area contributed by atoms with Crippen LogP contribution in [-0.2, 0) is 4.79 Å². The Morgan fingerprint density at radius 3 is 2.74 bits per heavy atom. The fourth-order valence-corrected chi connectivity index (χ4v) is 2.27. The van der Waals surface area contributed by atoms with E-state index in [1.807, 2.05) is 0 Å². The third-order valence-corrected chi connectivity index (χ3v) is 3.43. The molecule has 1 N–H and O–H groups in total. The summed E-state index contributed by atoms with van der Waals surface area (Å²) in [7, 11) is 0. The first-order chi connectivity index (χ1) is 9.18. The van der Waals surface area contributed by atoms with Crippen LogP contribution in [0.1, 0.15) is 29.6 Å². The molecule has 0 radical (unpaired) electrons. The molecule has 19 heavy (non-hydrogen) atoms. The number of rotatable bonds is 3. The van der Waals surface area contributed by atoms with Crippen molar-refractivity contribution in [2.24, 2.45) is 0 Å². The van der Waals surface area contributed by atoms with Gasteiger partial charge < -0.3 is 10.2 Å². The lowest BCUT2D eigenvalue weighted by Crippen LogP contribution is -2.42. The van der Waals surface area contributed by atoms with Crippen molar-refractivity contribution in [1.82, 2.24) is 15.2 Å². The van der Waals surface area contributed by atoms with Gasteiger partial charge in [0.1, 0.15) is 0 Å². The maximum Gasteiger partial charge on any atom is 0.253 e. The lowest BCUT2D eigenvalue weighted by atomic mass is 10.1. The molecule has 1 aromatic heterocycles. The molecule has 1 aliphatic heterocycles. The number of hydrogen-bond donors (Lipinski definition) is 1. The molecule has 5 nitrogen and oxygen atoms in total. The SMILES string of the molecule is O=C(NCC(=O)N1CCCCC1)c1ccncc1Cl. The number of piperidine rings is 1. The highest BCUT2D eigenvalue weighted by molar-refractivity contribution is 6.33. The molecule has 0 atom stereocenters. The molecule has 1 fully saturated rings. The van der Waals surface area contributed by atoms with Crippen molar-refractivity contribution < 1.29 is 9.59 Å². The highest BCUT2D eigenvalue weighted by atomic mass is 35.5. The molecule has 6 heteroatoms. The third kappa shape index (κ3) is 3.67. The fraction of sp³-hybridized carbons (Fsp3) is 0.462. The summed E-state index contributed by atoms with van der Waals surface area (Å²) in [6.07, 6.45) is 6.14. The van der Waals surface area contributed by atoms with Gasteiger partial charge in [0.05, 0.1) is 17.1 Å². The highest BCUT2D eigenvalue weighted by Gasteiger charge is 2.17. The molecule has 2 heterocycles. The first-order valence-corrected chi connectivity index (χ1v) is 6.72. The molecule has 0 spiro atoms. The summed E-state index contributed by atoms with van der Waals surface area (Å²) < 4.78 is 0. The number of likely N-dealkylation sites (tertiary alicyclic amines) is 1. The quantitative estimate of drug-likeness (QED) is 0.913. The van der Waals surface area contributed by atoms with Gasteiger partial charge in [-0.1, -0.05) is 11.6 Å². The van der Waals surface area contributed by atoms with Crippen molar-refractivity contribution in [2.45, 2.75) is 19.3 Å². The Kier molecular flexibility index (Phi) is 4.74. The van der Waals surface area contributed by atoms with Gasteiger partial charge in [-0.05, 0) is 25.3 Å². The Hall–Kier alpha value is -1.62. The van der Waals surface area contributed by atoms with Crippen molar-refractivity contribution in [2.75, 3.05) is 19.6 Å². The van der Waals surface area contributed by atoms with Crippen LogP contribution in [0.15, 0.2) is 18.5 Å². The third-order valence-electron chi connectivity index (χ3n) is 3.13. The van der Waals surface area contributed by atoms with Crippen LogP contribution in [0.3, 0.4) is 0 Å². The summed E-state index contributed by atoms with van der Waals surface area (Å²) in [5, 5.41) is 2.88. The number of aromatic nitrogens is 1. The molecule has 0 aromatic carbocycles. The van der Waals surface area contributed by atoms with Crippen LogP contribution in [0.4, 0.5) is 0 Å². The average Bonchev–Trinajstić information content (AvgIpc) is 2.46. The summed E-state index contributed by atoms with van der Waals surface area (Å²) in [6.45, 7) is 1.58. The summed E-state index contributed by atoms with van der Waals surface area (Å²) in [6, 6.07) is 1.53. The van der Waals surface area contributed by atoms with Crippen LogP contribution in [-0.4, -0.2) is 41.3 Å². The minimum Gasteiger partial charge on any atom is -0.343 e. The van der Waals surface area contributed by atoms with E-state index in [-0.39, 0.29) is 23.4 Å². The summed E-state index contributed by atoms with van der Waals surface area (Å²) in [4.78, 5) is 29.3. The summed E-state index contributed by atoms with van der Waals surface area (Å²) >= 11 is 5.86. The largest absolute Gasteiger partial charge is 0.343 e. The fourth-order valence-electron chi connectivity index (χ4n) is 2.07. The second-order valence-electron chi connectivity index (χ2n) is 4.48. The standard InChI is InChI=1S/C13H16ClN3O2/c14-11-8-15-5-4-10(11)13(19)16-9-12(18)17-6-2-1-3-7-17/h4-5,8H,1-3,6-7,9H2,(H,16,19). The maximum absolute atomic E-state index is 11.9. The predicted molar refractivity (Wildman–Crippen MR) is 72.0 cm³/mol. The number of nitrogens with zero attached hydrogens (tertiary/aromatic N) is 2. The number of halogens is 1. The van der Waals surface area contributed by atoms with Crippen LogP contribution in [0.5, 0.6) is 0 Å². The van der Waals surface area contributed by atoms with E-state index in [1.165, 1.54) is 24.9 Å². The number of pyridine rings is 1. The molecular formula is C13H16ClN3O2. The topological polar surface area (TPSA) is 62.3 Å². The number of nitrogens with one attached hydrogen (secondary N) is 1. The molecule has 2 amide bonds. The molecule has 1 aliphatic rings. The van der Waals surface area contributed by atoms with Gasteiger partial charge in [-0.2, -0.15) is 0 Å². The predicted octanol–water partition coefficient (Wildman–Crippen LogP) is 1.48. The summed E-state index contributed by atoms with van der Waals surface area (Å²) in [5.41, 5.74) is 0.336. The Morgan fingerprint density at radius 1 is 1.32 bits per heavy atom. The van der Waals surface area contributed by atoms with Crippen molar-refractivity contribution in [1.29, 1.82) is 0 Å². The minimum atomic E-state index is -0.349. The molecular weight excluding hydrogens is 266 g/mol. The second kappa shape index (κ2) is 6.52. The van der Waals surface area contributed by atoms with E-state index in [9.17, 15) is 9.59 Å². The maximum atomic E-state index is 11.9. The Balaban J connectivity index is 1.86. The van der Waals surface area contributed by atoms with Gasteiger partial charge in [0.25, 0.3) is 5.91 Å². The van der Waals surface area contributed by atoms with Crippen LogP contribution < -0.4 is 5.32 Å². The molecule has 0 unspecified atom stereocenters. The van der Waals surface area contributed by atoms with Gasteiger partial charge in [0.15, 0.2) is 0 Å². The van der Waals surface area contributed by atoms with Crippen molar-refractivity contribution in [3.05, 3.63) is 29.0 Å². The van der Waals surface area contributed by atoms with Gasteiger partial charge in [-0.25, -0.2) is 0 Å². The van der Waals surface area contributed by atoms with E-state index in [4.69, 9.17) is 11.6 Å². The number of hydrogen-bond acceptors (Lipinski definition) is 3. The van der Waals surface area contributed by atoms with Crippen LogP contribution in [0.25, 0.3) is 0 Å². The van der Waals surface area contributed by atoms with E-state index >= 15 is 0 Å². The molecule has 2 rings (SSSR count). The van der Waals surface area contributed by atoms with Gasteiger partial charge >= 0.3 is 0 Å². The normalized spacial score (nSPS) is 15.1. The smallest absolute Gasteiger partial charge is 0.253 e. The first-order valence-electron chi connectivity index (χ1n) is 6.34. The lowest BCUT2D eigenvalue weighted by Gasteiger charge is -2.26. The van der Waals surface area contributed by atoms with Crippen molar-refractivity contribution >= 4 is 23.4 Å². The second-order valence-corrected chi connectivity index (χ2v) is 4.89.